The first-order chi connectivity index (χ1) is 72.8. The summed E-state index contributed by atoms with van der Waals surface area (Å²) in [4.78, 5) is 7.35. The predicted molar refractivity (Wildman–Crippen MR) is 640 cm³/mol. The largest absolute Gasteiger partial charge is 0.310 e. The number of thiophene rings is 3. The third kappa shape index (κ3) is 15.9. The highest BCUT2D eigenvalue weighted by atomic mass is 32.1. The number of hydrogen-bond acceptors (Lipinski definition) is 6. The lowest BCUT2D eigenvalue weighted by Gasteiger charge is -2.30. The molecule has 6 heteroatoms. The van der Waals surface area contributed by atoms with Crippen molar-refractivity contribution in [2.45, 2.75) is 38.5 Å². The minimum absolute atomic E-state index is 0.0753. The van der Waals surface area contributed by atoms with Crippen molar-refractivity contribution in [1.29, 1.82) is 0 Å². The maximum atomic E-state index is 2.50. The van der Waals surface area contributed by atoms with E-state index in [-0.39, 0.29) is 10.8 Å². The number of anilines is 9. The molecule has 148 heavy (non-hydrogen) atoms. The molecule has 0 atom stereocenters. The monoisotopic (exact) mass is 1940 g/mol. The molecular formula is C142H99N3S3. The molecule has 0 amide bonds. The van der Waals surface area contributed by atoms with E-state index in [0.29, 0.717) is 0 Å². The highest BCUT2D eigenvalue weighted by Gasteiger charge is 2.39. The van der Waals surface area contributed by atoms with Crippen molar-refractivity contribution in [2.75, 3.05) is 14.7 Å². The summed E-state index contributed by atoms with van der Waals surface area (Å²) in [6.45, 7) is 9.45. The Kier molecular flexibility index (Phi) is 22.3. The second kappa shape index (κ2) is 36.9. The lowest BCUT2D eigenvalue weighted by Crippen LogP contribution is -2.17. The number of benzene rings is 24. The van der Waals surface area contributed by atoms with E-state index in [1.54, 1.807) is 0 Å². The van der Waals surface area contributed by atoms with Gasteiger partial charge in [-0.2, -0.15) is 0 Å². The Morgan fingerprint density at radius 1 is 0.149 bits per heavy atom. The summed E-state index contributed by atoms with van der Waals surface area (Å²) in [6.07, 6.45) is 0. The number of hydrogen-bond donors (Lipinski definition) is 0. The fourth-order valence-electron chi connectivity index (χ4n) is 23.2. The molecule has 0 saturated heterocycles. The van der Waals surface area contributed by atoms with E-state index >= 15 is 0 Å². The Hall–Kier alpha value is -17.6. The average molecular weight is 1940 g/mol. The number of nitrogens with zero attached hydrogens (tertiary/aromatic N) is 3. The first kappa shape index (κ1) is 89.2. The first-order valence-corrected chi connectivity index (χ1v) is 53.5. The van der Waals surface area contributed by atoms with Crippen molar-refractivity contribution in [2.24, 2.45) is 0 Å². The van der Waals surface area contributed by atoms with Gasteiger partial charge in [-0.25, -0.2) is 0 Å². The average Bonchev–Trinajstić information content (AvgIpc) is 1.55. The van der Waals surface area contributed by atoms with Gasteiger partial charge in [0.05, 0.1) is 5.69 Å². The van der Waals surface area contributed by atoms with Crippen LogP contribution in [0.25, 0.3) is 193 Å². The Balaban J connectivity index is 0.000000110. The zero-order valence-electron chi connectivity index (χ0n) is 82.3. The van der Waals surface area contributed by atoms with E-state index in [1.165, 1.54) is 221 Å². The van der Waals surface area contributed by atoms with Crippen LogP contribution >= 0.6 is 34.0 Å². The van der Waals surface area contributed by atoms with Crippen LogP contribution in [0.15, 0.2) is 528 Å². The normalized spacial score (nSPS) is 12.6. The Bertz CT molecular complexity index is 9880. The van der Waals surface area contributed by atoms with Gasteiger partial charge in [-0.3, -0.25) is 0 Å². The van der Waals surface area contributed by atoms with E-state index in [4.69, 9.17) is 0 Å². The maximum absolute atomic E-state index is 2.50. The van der Waals surface area contributed by atoms with Crippen LogP contribution in [0.3, 0.4) is 0 Å². The van der Waals surface area contributed by atoms with Crippen LogP contribution in [0.2, 0.25) is 0 Å². The van der Waals surface area contributed by atoms with Crippen molar-refractivity contribution >= 4 is 189 Å². The van der Waals surface area contributed by atoms with Crippen molar-refractivity contribution in [3.05, 3.63) is 550 Å². The second-order valence-electron chi connectivity index (χ2n) is 40.1. The molecule has 0 N–H and O–H groups in total. The fourth-order valence-corrected chi connectivity index (χ4v) is 26.9. The van der Waals surface area contributed by atoms with Gasteiger partial charge in [-0.15, -0.1) is 34.0 Å². The van der Waals surface area contributed by atoms with Crippen molar-refractivity contribution < 1.29 is 0 Å². The smallest absolute Gasteiger partial charge is 0.0540 e. The van der Waals surface area contributed by atoms with Crippen LogP contribution in [-0.4, -0.2) is 0 Å². The van der Waals surface area contributed by atoms with Crippen LogP contribution in [0.1, 0.15) is 49.9 Å². The molecule has 3 aromatic heterocycles. The van der Waals surface area contributed by atoms with E-state index < -0.39 is 0 Å². The third-order valence-electron chi connectivity index (χ3n) is 30.7. The minimum atomic E-state index is -0.115. The van der Waals surface area contributed by atoms with Crippen molar-refractivity contribution in [1.82, 2.24) is 0 Å². The second-order valence-corrected chi connectivity index (χ2v) is 43.3. The van der Waals surface area contributed by atoms with Gasteiger partial charge < -0.3 is 14.7 Å². The molecule has 24 aromatic carbocycles. The number of fused-ring (bicyclic) bond motifs is 19. The molecule has 3 nitrogen and oxygen atoms in total. The molecule has 3 heterocycles. The summed E-state index contributed by atoms with van der Waals surface area (Å²) in [5, 5.41) is 17.8. The third-order valence-corrected chi connectivity index (χ3v) is 34.3. The maximum Gasteiger partial charge on any atom is 0.0540 e. The molecule has 0 spiro atoms. The molecule has 2 aliphatic rings. The van der Waals surface area contributed by atoms with Crippen LogP contribution in [0.5, 0.6) is 0 Å². The van der Waals surface area contributed by atoms with Crippen LogP contribution in [-0.2, 0) is 10.8 Å². The van der Waals surface area contributed by atoms with Crippen LogP contribution in [0, 0.1) is 0 Å². The molecule has 0 fully saturated rings. The molecule has 0 unspecified atom stereocenters. The van der Waals surface area contributed by atoms with Crippen molar-refractivity contribution in [3.63, 3.8) is 0 Å². The van der Waals surface area contributed by atoms with E-state index in [9.17, 15) is 0 Å². The van der Waals surface area contributed by atoms with Gasteiger partial charge in [0.15, 0.2) is 0 Å². The Morgan fingerprint density at radius 2 is 0.426 bits per heavy atom. The lowest BCUT2D eigenvalue weighted by atomic mass is 9.82. The van der Waals surface area contributed by atoms with Crippen LogP contribution in [0.4, 0.5) is 51.2 Å². The Morgan fingerprint density at radius 3 is 0.845 bits per heavy atom. The summed E-state index contributed by atoms with van der Waals surface area (Å²) in [5.41, 5.74) is 35.7. The molecule has 0 radical (unpaired) electrons. The molecule has 29 rings (SSSR count). The molecule has 0 bridgehead atoms. The van der Waals surface area contributed by atoms with Gasteiger partial charge in [-0.05, 0) is 278 Å². The summed E-state index contributed by atoms with van der Waals surface area (Å²) in [5.74, 6) is 0. The summed E-state index contributed by atoms with van der Waals surface area (Å²) >= 11 is 5.66. The quantitative estimate of drug-likeness (QED) is 0.101. The topological polar surface area (TPSA) is 9.72 Å². The standard InChI is InChI=1S/C50H33NS.C49H35NS.C43H31NS/c1-2-10-34(11-3-1)37-22-26-43(27-23-37)51(44-28-24-38(25-29-44)41-20-18-35-12-4-6-14-39(35)30-41)45-32-47(42-21-19-36-13-5-7-15-40(36)31-42)50-48(33-45)46-16-8-9-17-49(46)52-50;1-49(2)44-21-11-8-19-39(44)40-27-26-36(31-45(40)49)50(46-22-12-9-18-38(46)33-15-4-3-5-16-33)37-29-42(35-25-24-32-14-6-7-17-34(32)28-35)48-43(30-37)41-20-10-13-23-47(41)51-48;1-43(2)39-18-10-8-16-34(39)35-23-22-32(27-40(35)43)44(31-14-4-3-5-15-31)33-25-37(30-21-20-28-12-6-7-13-29(28)24-30)42-38(26-33)36-17-9-11-19-41(36)45-42/h1-33H;3-31H,1-2H3;3-27H,1-2H3. The van der Waals surface area contributed by atoms with Gasteiger partial charge in [0.2, 0.25) is 0 Å². The summed E-state index contributed by atoms with van der Waals surface area (Å²) in [7, 11) is 0. The van der Waals surface area contributed by atoms with Gasteiger partial charge in [0, 0.05) is 139 Å². The molecule has 0 saturated carbocycles. The molecule has 0 aliphatic heterocycles. The molecule has 27 aromatic rings. The number of rotatable bonds is 15. The zero-order valence-corrected chi connectivity index (χ0v) is 84.7. The number of para-hydroxylation sites is 2. The molecular weight excluding hydrogens is 1840 g/mol. The first-order valence-electron chi connectivity index (χ1n) is 51.0. The highest BCUT2D eigenvalue weighted by Crippen LogP contribution is 2.57. The van der Waals surface area contributed by atoms with Gasteiger partial charge in [-0.1, -0.05) is 410 Å². The highest BCUT2D eigenvalue weighted by molar-refractivity contribution is 7.27. The molecule has 700 valence electrons. The van der Waals surface area contributed by atoms with E-state index in [0.717, 1.165) is 45.5 Å². The van der Waals surface area contributed by atoms with Crippen LogP contribution < -0.4 is 14.7 Å². The summed E-state index contributed by atoms with van der Waals surface area (Å²) in [6, 6.07) is 194. The minimum Gasteiger partial charge on any atom is -0.310 e. The lowest BCUT2D eigenvalue weighted by molar-refractivity contribution is 0.660. The van der Waals surface area contributed by atoms with E-state index in [2.05, 4.69) is 570 Å². The summed E-state index contributed by atoms with van der Waals surface area (Å²) < 4.78 is 7.88. The van der Waals surface area contributed by atoms with E-state index in [1.807, 2.05) is 34.0 Å². The van der Waals surface area contributed by atoms with Crippen molar-refractivity contribution in [3.8, 4) is 89.0 Å². The zero-order chi connectivity index (χ0) is 98.7. The fraction of sp³-hybridized carbons (Fsp3) is 0.0423. The van der Waals surface area contributed by atoms with Gasteiger partial charge >= 0.3 is 0 Å². The SMILES string of the molecule is CC1(C)c2ccccc2-c2ccc(N(c3cc(-c4ccc5ccccc5c4)c4sc5ccccc5c4c3)c3ccccc3-c3ccccc3)cc21.CC1(C)c2ccccc2-c2ccc(N(c3ccccc3)c3cc(-c4ccc5ccccc5c4)c4sc5ccccc5c4c3)cc21.c1ccc(-c2ccc(N(c3ccc(-c4ccc5ccccc5c4)cc3)c3cc(-c4ccc5ccccc5c4)c4sc5ccccc5c4c3)cc2)cc1. The molecule has 2 aliphatic carbocycles. The predicted octanol–water partition coefficient (Wildman–Crippen LogP) is 41.8. The Labute approximate surface area is 874 Å². The van der Waals surface area contributed by atoms with Gasteiger partial charge in [0.25, 0.3) is 0 Å². The van der Waals surface area contributed by atoms with Gasteiger partial charge in [0.1, 0.15) is 0 Å².